The molecule has 0 spiro atoms. The van der Waals surface area contributed by atoms with Crippen LogP contribution < -0.4 is 10.6 Å². The van der Waals surface area contributed by atoms with Gasteiger partial charge in [0.1, 0.15) is 5.60 Å². The van der Waals surface area contributed by atoms with Crippen molar-refractivity contribution in [2.75, 3.05) is 17.7 Å². The highest BCUT2D eigenvalue weighted by atomic mass is 16.6. The zero-order chi connectivity index (χ0) is 20.3. The maximum atomic E-state index is 11.9. The van der Waals surface area contributed by atoms with E-state index in [1.54, 1.807) is 45.0 Å². The predicted molar refractivity (Wildman–Crippen MR) is 105 cm³/mol. The van der Waals surface area contributed by atoms with Crippen molar-refractivity contribution in [3.63, 3.8) is 0 Å². The lowest BCUT2D eigenvalue weighted by Crippen LogP contribution is -2.27. The molecule has 0 aliphatic heterocycles. The number of esters is 1. The molecule has 0 heterocycles. The number of hydrogen-bond acceptors (Lipinski definition) is 5. The minimum atomic E-state index is -0.558. The van der Waals surface area contributed by atoms with Gasteiger partial charge in [0, 0.05) is 24.2 Å². The standard InChI is InChI=1S/C20H30N2O5/c1-20(2,3)27-19(25)22-16-13-11-15(12-14-16)21-17(23)9-7-5-6-8-10-18(24)26-4/h11-14H,5-10H2,1-4H3,(H,21,23)(H,22,25). The van der Waals surface area contributed by atoms with Crippen LogP contribution in [0.3, 0.4) is 0 Å². The smallest absolute Gasteiger partial charge is 0.412 e. The minimum Gasteiger partial charge on any atom is -0.469 e. The summed E-state index contributed by atoms with van der Waals surface area (Å²) in [6.07, 6.45) is 3.66. The SMILES string of the molecule is COC(=O)CCCCCCC(=O)Nc1ccc(NC(=O)OC(C)(C)C)cc1. The summed E-state index contributed by atoms with van der Waals surface area (Å²) in [5.74, 6) is -0.256. The van der Waals surface area contributed by atoms with E-state index >= 15 is 0 Å². The maximum Gasteiger partial charge on any atom is 0.412 e. The number of unbranched alkanes of at least 4 members (excludes halogenated alkanes) is 3. The van der Waals surface area contributed by atoms with E-state index < -0.39 is 11.7 Å². The van der Waals surface area contributed by atoms with Gasteiger partial charge in [-0.15, -0.1) is 0 Å². The second-order valence-electron chi connectivity index (χ2n) is 7.24. The Morgan fingerprint density at radius 3 is 1.89 bits per heavy atom. The zero-order valence-corrected chi connectivity index (χ0v) is 16.6. The van der Waals surface area contributed by atoms with Gasteiger partial charge in [0.05, 0.1) is 7.11 Å². The van der Waals surface area contributed by atoms with Crippen LogP contribution in [0.5, 0.6) is 0 Å². The number of anilines is 2. The van der Waals surface area contributed by atoms with Gasteiger partial charge in [-0.1, -0.05) is 12.8 Å². The molecule has 0 saturated carbocycles. The number of nitrogens with one attached hydrogen (secondary N) is 2. The molecule has 0 atom stereocenters. The lowest BCUT2D eigenvalue weighted by atomic mass is 10.1. The molecule has 2 amide bonds. The fraction of sp³-hybridized carbons (Fsp3) is 0.550. The first kappa shape index (κ1) is 22.5. The molecule has 2 N–H and O–H groups in total. The quantitative estimate of drug-likeness (QED) is 0.488. The molecule has 0 radical (unpaired) electrons. The molecule has 0 fully saturated rings. The van der Waals surface area contributed by atoms with Gasteiger partial charge >= 0.3 is 12.1 Å². The number of hydrogen-bond donors (Lipinski definition) is 2. The van der Waals surface area contributed by atoms with E-state index in [2.05, 4.69) is 15.4 Å². The van der Waals surface area contributed by atoms with Crippen LogP contribution in [0.2, 0.25) is 0 Å². The van der Waals surface area contributed by atoms with Gasteiger partial charge < -0.3 is 14.8 Å². The van der Waals surface area contributed by atoms with Crippen LogP contribution in [-0.2, 0) is 19.1 Å². The summed E-state index contributed by atoms with van der Waals surface area (Å²) in [5, 5.41) is 5.46. The van der Waals surface area contributed by atoms with Crippen molar-refractivity contribution in [1.82, 2.24) is 0 Å². The first-order valence-corrected chi connectivity index (χ1v) is 9.16. The van der Waals surface area contributed by atoms with E-state index in [0.717, 1.165) is 25.7 Å². The third-order valence-corrected chi connectivity index (χ3v) is 3.58. The van der Waals surface area contributed by atoms with Gasteiger partial charge in [0.25, 0.3) is 0 Å². The monoisotopic (exact) mass is 378 g/mol. The van der Waals surface area contributed by atoms with Gasteiger partial charge in [-0.2, -0.15) is 0 Å². The van der Waals surface area contributed by atoms with Crippen LogP contribution in [0.1, 0.15) is 59.3 Å². The highest BCUT2D eigenvalue weighted by Gasteiger charge is 2.16. The normalized spacial score (nSPS) is 10.8. The largest absolute Gasteiger partial charge is 0.469 e. The van der Waals surface area contributed by atoms with Crippen LogP contribution in [0.4, 0.5) is 16.2 Å². The maximum absolute atomic E-state index is 11.9. The molecule has 0 saturated heterocycles. The average molecular weight is 378 g/mol. The zero-order valence-electron chi connectivity index (χ0n) is 16.6. The molecule has 0 bridgehead atoms. The molecule has 0 aromatic heterocycles. The van der Waals surface area contributed by atoms with Crippen molar-refractivity contribution >= 4 is 29.3 Å². The molecule has 150 valence electrons. The van der Waals surface area contributed by atoms with Crippen LogP contribution in [0.25, 0.3) is 0 Å². The number of methoxy groups -OCH3 is 1. The molecule has 0 unspecified atom stereocenters. The van der Waals surface area contributed by atoms with Crippen molar-refractivity contribution in [2.45, 2.75) is 64.9 Å². The minimum absolute atomic E-state index is 0.0594. The number of carbonyl (C=O) groups is 3. The molecule has 27 heavy (non-hydrogen) atoms. The van der Waals surface area contributed by atoms with Crippen LogP contribution >= 0.6 is 0 Å². The summed E-state index contributed by atoms with van der Waals surface area (Å²) in [6.45, 7) is 5.39. The number of benzene rings is 1. The van der Waals surface area contributed by atoms with Crippen LogP contribution in [0.15, 0.2) is 24.3 Å². The molecule has 1 aromatic carbocycles. The van der Waals surface area contributed by atoms with E-state index in [4.69, 9.17) is 4.74 Å². The third-order valence-electron chi connectivity index (χ3n) is 3.58. The van der Waals surface area contributed by atoms with Crippen molar-refractivity contribution in [3.8, 4) is 0 Å². The summed E-state index contributed by atoms with van der Waals surface area (Å²) in [6, 6.07) is 6.85. The van der Waals surface area contributed by atoms with Gasteiger partial charge in [-0.25, -0.2) is 4.79 Å². The van der Waals surface area contributed by atoms with E-state index in [9.17, 15) is 14.4 Å². The van der Waals surface area contributed by atoms with Gasteiger partial charge in [0.2, 0.25) is 5.91 Å². The number of ether oxygens (including phenoxy) is 2. The van der Waals surface area contributed by atoms with E-state index in [0.29, 0.717) is 24.2 Å². The second-order valence-corrected chi connectivity index (χ2v) is 7.24. The molecule has 1 aromatic rings. The molecule has 7 heteroatoms. The highest BCUT2D eigenvalue weighted by Crippen LogP contribution is 2.16. The lowest BCUT2D eigenvalue weighted by molar-refractivity contribution is -0.140. The Bertz CT molecular complexity index is 620. The van der Waals surface area contributed by atoms with Crippen LogP contribution in [-0.4, -0.2) is 30.7 Å². The number of amides is 2. The van der Waals surface area contributed by atoms with Crippen LogP contribution in [0, 0.1) is 0 Å². The molecule has 1 rings (SSSR count). The Labute approximate surface area is 160 Å². The lowest BCUT2D eigenvalue weighted by Gasteiger charge is -2.19. The topological polar surface area (TPSA) is 93.7 Å². The summed E-state index contributed by atoms with van der Waals surface area (Å²) >= 11 is 0. The molecule has 7 nitrogen and oxygen atoms in total. The molecular formula is C20H30N2O5. The number of rotatable bonds is 9. The third kappa shape index (κ3) is 10.9. The fourth-order valence-corrected chi connectivity index (χ4v) is 2.29. The second kappa shape index (κ2) is 11.2. The molecule has 0 aliphatic carbocycles. The van der Waals surface area contributed by atoms with E-state index in [1.165, 1.54) is 7.11 Å². The Morgan fingerprint density at radius 2 is 1.37 bits per heavy atom. The van der Waals surface area contributed by atoms with E-state index in [1.807, 2.05) is 0 Å². The van der Waals surface area contributed by atoms with Gasteiger partial charge in [-0.05, 0) is 57.9 Å². The predicted octanol–water partition coefficient (Wildman–Crippen LogP) is 4.49. The van der Waals surface area contributed by atoms with Crippen molar-refractivity contribution in [2.24, 2.45) is 0 Å². The Hall–Kier alpha value is -2.57. The molecule has 0 aliphatic rings. The summed E-state index contributed by atoms with van der Waals surface area (Å²) in [4.78, 5) is 34.6. The van der Waals surface area contributed by atoms with Crippen molar-refractivity contribution in [1.29, 1.82) is 0 Å². The summed E-state index contributed by atoms with van der Waals surface area (Å²) in [5.41, 5.74) is 0.699. The molecular weight excluding hydrogens is 348 g/mol. The fourth-order valence-electron chi connectivity index (χ4n) is 2.29. The highest BCUT2D eigenvalue weighted by molar-refractivity contribution is 5.91. The van der Waals surface area contributed by atoms with Crippen molar-refractivity contribution in [3.05, 3.63) is 24.3 Å². The Kier molecular flexibility index (Phi) is 9.33. The van der Waals surface area contributed by atoms with Crippen molar-refractivity contribution < 1.29 is 23.9 Å². The summed E-state index contributed by atoms with van der Waals surface area (Å²) in [7, 11) is 1.38. The van der Waals surface area contributed by atoms with Gasteiger partial charge in [-0.3, -0.25) is 14.9 Å². The Morgan fingerprint density at radius 1 is 0.852 bits per heavy atom. The average Bonchev–Trinajstić information content (AvgIpc) is 2.57. The summed E-state index contributed by atoms with van der Waals surface area (Å²) < 4.78 is 9.76. The first-order chi connectivity index (χ1) is 12.7. The van der Waals surface area contributed by atoms with E-state index in [-0.39, 0.29) is 11.9 Å². The first-order valence-electron chi connectivity index (χ1n) is 9.16. The van der Waals surface area contributed by atoms with Gasteiger partial charge in [0.15, 0.2) is 0 Å². The Balaban J connectivity index is 2.27. The number of carbonyl (C=O) groups excluding carboxylic acids is 3.